The maximum absolute atomic E-state index is 11.6. The van der Waals surface area contributed by atoms with Crippen molar-refractivity contribution in [3.63, 3.8) is 0 Å². The van der Waals surface area contributed by atoms with Gasteiger partial charge < -0.3 is 10.8 Å². The molecule has 92 valence electrons. The summed E-state index contributed by atoms with van der Waals surface area (Å²) in [5.74, 6) is -0.894. The molecule has 0 bridgehead atoms. The van der Waals surface area contributed by atoms with E-state index >= 15 is 0 Å². The van der Waals surface area contributed by atoms with Crippen LogP contribution in [0.2, 0.25) is 0 Å². The molecule has 1 aromatic rings. The van der Waals surface area contributed by atoms with Crippen molar-refractivity contribution in [2.45, 2.75) is 31.7 Å². The van der Waals surface area contributed by atoms with Crippen molar-refractivity contribution in [3.05, 3.63) is 35.9 Å². The zero-order chi connectivity index (χ0) is 12.7. The lowest BCUT2D eigenvalue weighted by molar-refractivity contribution is -0.138. The van der Waals surface area contributed by atoms with E-state index in [1.807, 2.05) is 30.3 Å². The van der Waals surface area contributed by atoms with Gasteiger partial charge in [0.25, 0.3) is 0 Å². The Morgan fingerprint density at radius 1 is 1.24 bits per heavy atom. The zero-order valence-corrected chi connectivity index (χ0v) is 9.63. The highest BCUT2D eigenvalue weighted by atomic mass is 16.4. The van der Waals surface area contributed by atoms with Crippen LogP contribution < -0.4 is 5.73 Å². The normalized spacial score (nSPS) is 12.1. The Bertz CT molecular complexity index is 376. The summed E-state index contributed by atoms with van der Waals surface area (Å²) in [6, 6.07) is 8.63. The molecule has 4 heteroatoms. The highest BCUT2D eigenvalue weighted by Gasteiger charge is 2.11. The molecule has 0 aliphatic carbocycles. The molecule has 0 radical (unpaired) electrons. The number of carbonyl (C=O) groups excluding carboxylic acids is 1. The number of benzene rings is 1. The lowest BCUT2D eigenvalue weighted by Crippen LogP contribution is -2.29. The van der Waals surface area contributed by atoms with Gasteiger partial charge in [0.15, 0.2) is 0 Å². The molecule has 1 aromatic carbocycles. The molecule has 0 saturated heterocycles. The monoisotopic (exact) mass is 235 g/mol. The van der Waals surface area contributed by atoms with Crippen molar-refractivity contribution in [3.8, 4) is 0 Å². The number of Topliss-reactive ketones (excluding diaryl/α,β-unsaturated/α-hetero) is 1. The number of aliphatic carboxylic acids is 1. The van der Waals surface area contributed by atoms with Crippen molar-refractivity contribution in [2.75, 3.05) is 0 Å². The van der Waals surface area contributed by atoms with E-state index < -0.39 is 12.0 Å². The van der Waals surface area contributed by atoms with E-state index in [2.05, 4.69) is 0 Å². The molecule has 0 aliphatic heterocycles. The molecule has 0 spiro atoms. The summed E-state index contributed by atoms with van der Waals surface area (Å²) in [6.07, 6.45) is 1.66. The lowest BCUT2D eigenvalue weighted by Gasteiger charge is -2.05. The van der Waals surface area contributed by atoms with Crippen LogP contribution >= 0.6 is 0 Å². The Hall–Kier alpha value is -1.68. The van der Waals surface area contributed by atoms with Crippen molar-refractivity contribution in [1.82, 2.24) is 0 Å². The Balaban J connectivity index is 2.25. The fraction of sp³-hybridized carbons (Fsp3) is 0.385. The Morgan fingerprint density at radius 2 is 1.88 bits per heavy atom. The van der Waals surface area contributed by atoms with E-state index in [-0.39, 0.29) is 5.78 Å². The summed E-state index contributed by atoms with van der Waals surface area (Å²) >= 11 is 0. The number of ketones is 1. The molecule has 3 N–H and O–H groups in total. The van der Waals surface area contributed by atoms with Gasteiger partial charge in [0.05, 0.1) is 0 Å². The molecule has 0 heterocycles. The van der Waals surface area contributed by atoms with Gasteiger partial charge in [-0.1, -0.05) is 30.3 Å². The van der Waals surface area contributed by atoms with Crippen LogP contribution in [0.4, 0.5) is 0 Å². The Kier molecular flexibility index (Phi) is 5.36. The van der Waals surface area contributed by atoms with Crippen LogP contribution in [0.1, 0.15) is 24.8 Å². The largest absolute Gasteiger partial charge is 0.480 e. The third kappa shape index (κ3) is 5.26. The number of rotatable bonds is 7. The van der Waals surface area contributed by atoms with Crippen LogP contribution in [0.25, 0.3) is 0 Å². The van der Waals surface area contributed by atoms with Gasteiger partial charge in [-0.05, 0) is 18.4 Å². The van der Waals surface area contributed by atoms with E-state index in [0.29, 0.717) is 25.7 Å². The summed E-state index contributed by atoms with van der Waals surface area (Å²) in [7, 11) is 0. The highest BCUT2D eigenvalue weighted by molar-refractivity contribution is 5.81. The second-order valence-electron chi connectivity index (χ2n) is 4.04. The minimum Gasteiger partial charge on any atom is -0.480 e. The molecule has 0 saturated carbocycles. The summed E-state index contributed by atoms with van der Waals surface area (Å²) in [4.78, 5) is 22.0. The Morgan fingerprint density at radius 3 is 2.47 bits per heavy atom. The van der Waals surface area contributed by atoms with Crippen LogP contribution in [0.3, 0.4) is 0 Å². The number of hydrogen-bond donors (Lipinski definition) is 2. The molecule has 4 nitrogen and oxygen atoms in total. The molecular formula is C13H17NO3. The van der Waals surface area contributed by atoms with E-state index in [1.165, 1.54) is 0 Å². The fourth-order valence-electron chi connectivity index (χ4n) is 1.55. The molecule has 0 unspecified atom stereocenters. The number of carbonyl (C=O) groups is 2. The maximum atomic E-state index is 11.6. The van der Waals surface area contributed by atoms with Crippen molar-refractivity contribution < 1.29 is 14.7 Å². The Labute approximate surface area is 100 Å². The first-order valence-electron chi connectivity index (χ1n) is 5.63. The first kappa shape index (κ1) is 13.4. The van der Waals surface area contributed by atoms with Gasteiger partial charge in [-0.3, -0.25) is 9.59 Å². The lowest BCUT2D eigenvalue weighted by atomic mass is 10.0. The van der Waals surface area contributed by atoms with Crippen molar-refractivity contribution >= 4 is 11.8 Å². The van der Waals surface area contributed by atoms with Crippen molar-refractivity contribution in [2.24, 2.45) is 5.73 Å². The minimum absolute atomic E-state index is 0.119. The predicted molar refractivity (Wildman–Crippen MR) is 64.6 cm³/mol. The average molecular weight is 235 g/mol. The van der Waals surface area contributed by atoms with E-state index in [1.54, 1.807) is 0 Å². The number of nitrogens with two attached hydrogens (primary N) is 1. The van der Waals surface area contributed by atoms with Crippen LogP contribution in [0, 0.1) is 0 Å². The molecule has 0 fully saturated rings. The molecule has 1 atom stereocenters. The van der Waals surface area contributed by atoms with Crippen LogP contribution in [0.15, 0.2) is 30.3 Å². The van der Waals surface area contributed by atoms with Gasteiger partial charge in [0.2, 0.25) is 0 Å². The summed E-state index contributed by atoms with van der Waals surface area (Å²) in [5.41, 5.74) is 6.33. The van der Waals surface area contributed by atoms with Gasteiger partial charge >= 0.3 is 5.97 Å². The summed E-state index contributed by atoms with van der Waals surface area (Å²) in [5, 5.41) is 8.57. The zero-order valence-electron chi connectivity index (χ0n) is 9.63. The van der Waals surface area contributed by atoms with Crippen LogP contribution in [0.5, 0.6) is 0 Å². The molecule has 1 rings (SSSR count). The average Bonchev–Trinajstić information content (AvgIpc) is 2.30. The van der Waals surface area contributed by atoms with E-state index in [9.17, 15) is 9.59 Å². The molecule has 0 amide bonds. The van der Waals surface area contributed by atoms with Crippen molar-refractivity contribution in [1.29, 1.82) is 0 Å². The SMILES string of the molecule is N[C@@H](CCCC(=O)Cc1ccccc1)C(=O)O. The second kappa shape index (κ2) is 6.81. The van der Waals surface area contributed by atoms with Gasteiger partial charge in [-0.15, -0.1) is 0 Å². The minimum atomic E-state index is -1.01. The smallest absolute Gasteiger partial charge is 0.320 e. The third-order valence-corrected chi connectivity index (χ3v) is 2.53. The maximum Gasteiger partial charge on any atom is 0.320 e. The molecule has 0 aliphatic rings. The van der Waals surface area contributed by atoms with Gasteiger partial charge in [-0.2, -0.15) is 0 Å². The van der Waals surface area contributed by atoms with Gasteiger partial charge in [0.1, 0.15) is 11.8 Å². The fourth-order valence-corrected chi connectivity index (χ4v) is 1.55. The first-order chi connectivity index (χ1) is 8.09. The molecular weight excluding hydrogens is 218 g/mol. The first-order valence-corrected chi connectivity index (χ1v) is 5.63. The second-order valence-corrected chi connectivity index (χ2v) is 4.04. The summed E-state index contributed by atoms with van der Waals surface area (Å²) < 4.78 is 0. The predicted octanol–water partition coefficient (Wildman–Crippen LogP) is 1.38. The number of carboxylic acid groups (broad SMARTS) is 1. The topological polar surface area (TPSA) is 80.4 Å². The van der Waals surface area contributed by atoms with Crippen LogP contribution in [-0.4, -0.2) is 22.9 Å². The summed E-state index contributed by atoms with van der Waals surface area (Å²) in [6.45, 7) is 0. The third-order valence-electron chi connectivity index (χ3n) is 2.53. The van der Waals surface area contributed by atoms with E-state index in [0.717, 1.165) is 5.56 Å². The molecule has 17 heavy (non-hydrogen) atoms. The number of carboxylic acids is 1. The van der Waals surface area contributed by atoms with Gasteiger partial charge in [0, 0.05) is 12.8 Å². The van der Waals surface area contributed by atoms with Crippen LogP contribution in [-0.2, 0) is 16.0 Å². The van der Waals surface area contributed by atoms with E-state index in [4.69, 9.17) is 10.8 Å². The highest BCUT2D eigenvalue weighted by Crippen LogP contribution is 2.05. The quantitative estimate of drug-likeness (QED) is 0.748. The number of hydrogen-bond acceptors (Lipinski definition) is 3. The molecule has 0 aromatic heterocycles. The standard InChI is InChI=1S/C13H17NO3/c14-12(13(16)17)8-4-7-11(15)9-10-5-2-1-3-6-10/h1-3,5-6,12H,4,7-9,14H2,(H,16,17)/t12-/m0/s1. The van der Waals surface area contributed by atoms with Gasteiger partial charge in [-0.25, -0.2) is 0 Å².